The van der Waals surface area contributed by atoms with Crippen LogP contribution in [0.15, 0.2) is 34.9 Å². The molecular formula is C18H18ClNO4. The second kappa shape index (κ2) is 7.09. The monoisotopic (exact) mass is 347 g/mol. The van der Waals surface area contributed by atoms with E-state index in [0.29, 0.717) is 34.6 Å². The second-order valence-corrected chi connectivity index (χ2v) is 6.31. The smallest absolute Gasteiger partial charge is 0.339 e. The first-order valence-corrected chi connectivity index (χ1v) is 8.24. The number of ether oxygens (including phenoxy) is 1. The number of hydrogen-bond acceptors (Lipinski definition) is 4. The zero-order valence-electron chi connectivity index (χ0n) is 13.3. The molecule has 0 radical (unpaired) electrons. The lowest BCUT2D eigenvalue weighted by molar-refractivity contribution is 0.0495. The van der Waals surface area contributed by atoms with E-state index in [2.05, 4.69) is 5.32 Å². The number of furan rings is 1. The van der Waals surface area contributed by atoms with Crippen molar-refractivity contribution in [2.45, 2.75) is 26.2 Å². The largest absolute Gasteiger partial charge is 0.469 e. The van der Waals surface area contributed by atoms with Gasteiger partial charge in [0, 0.05) is 5.69 Å². The molecule has 1 heterocycles. The van der Waals surface area contributed by atoms with Crippen molar-refractivity contribution in [3.63, 3.8) is 0 Å². The van der Waals surface area contributed by atoms with Crippen molar-refractivity contribution in [2.24, 2.45) is 5.92 Å². The van der Waals surface area contributed by atoms with Crippen LogP contribution in [0, 0.1) is 12.8 Å². The van der Waals surface area contributed by atoms with E-state index in [1.807, 2.05) is 0 Å². The molecule has 126 valence electrons. The van der Waals surface area contributed by atoms with Crippen LogP contribution >= 0.6 is 11.6 Å². The van der Waals surface area contributed by atoms with Gasteiger partial charge in [-0.3, -0.25) is 4.79 Å². The summed E-state index contributed by atoms with van der Waals surface area (Å²) < 4.78 is 10.4. The average Bonchev–Trinajstić information content (AvgIpc) is 3.28. The molecule has 2 aromatic rings. The molecule has 1 N–H and O–H groups in total. The fourth-order valence-corrected chi connectivity index (χ4v) is 2.58. The summed E-state index contributed by atoms with van der Waals surface area (Å²) in [7, 11) is 0. The van der Waals surface area contributed by atoms with Crippen molar-refractivity contribution >= 4 is 29.2 Å². The Bertz CT molecular complexity index is 764. The van der Waals surface area contributed by atoms with Crippen LogP contribution in [-0.4, -0.2) is 18.5 Å². The third-order valence-corrected chi connectivity index (χ3v) is 4.33. The predicted octanol–water partition coefficient (Wildman–Crippen LogP) is 4.45. The normalized spacial score (nSPS) is 13.6. The van der Waals surface area contributed by atoms with Gasteiger partial charge in [0.15, 0.2) is 0 Å². The Kier molecular flexibility index (Phi) is 4.90. The summed E-state index contributed by atoms with van der Waals surface area (Å²) in [6.07, 6.45) is 4.77. The minimum Gasteiger partial charge on any atom is -0.469 e. The molecule has 1 amide bonds. The van der Waals surface area contributed by atoms with Gasteiger partial charge in [-0.25, -0.2) is 4.79 Å². The second-order valence-electron chi connectivity index (χ2n) is 5.91. The molecule has 0 aliphatic heterocycles. The number of carbonyl (C=O) groups is 2. The van der Waals surface area contributed by atoms with Gasteiger partial charge >= 0.3 is 5.97 Å². The van der Waals surface area contributed by atoms with Crippen LogP contribution < -0.4 is 5.32 Å². The van der Waals surface area contributed by atoms with E-state index in [-0.39, 0.29) is 11.5 Å². The van der Waals surface area contributed by atoms with Crippen LogP contribution in [0.1, 0.15) is 45.7 Å². The summed E-state index contributed by atoms with van der Waals surface area (Å²) in [4.78, 5) is 24.3. The lowest BCUT2D eigenvalue weighted by Gasteiger charge is -2.09. The molecule has 1 aromatic heterocycles. The number of amides is 1. The molecule has 1 aliphatic carbocycles. The van der Waals surface area contributed by atoms with Crippen LogP contribution in [0.5, 0.6) is 0 Å². The maximum Gasteiger partial charge on any atom is 0.339 e. The highest BCUT2D eigenvalue weighted by atomic mass is 35.5. The van der Waals surface area contributed by atoms with Crippen LogP contribution in [0.3, 0.4) is 0 Å². The molecule has 1 aromatic carbocycles. The van der Waals surface area contributed by atoms with Crippen LogP contribution in [0.2, 0.25) is 5.02 Å². The number of halogens is 1. The summed E-state index contributed by atoms with van der Waals surface area (Å²) in [5.41, 5.74) is 1.16. The molecule has 0 unspecified atom stereocenters. The van der Waals surface area contributed by atoms with Gasteiger partial charge in [-0.2, -0.15) is 0 Å². The first kappa shape index (κ1) is 16.6. The molecule has 1 saturated carbocycles. The van der Waals surface area contributed by atoms with Crippen molar-refractivity contribution in [1.29, 1.82) is 0 Å². The lowest BCUT2D eigenvalue weighted by Crippen LogP contribution is -2.13. The SMILES string of the molecule is Cc1occc1C(=O)Nc1ccc(Cl)c(C(=O)OCCC2CC2)c1. The Balaban J connectivity index is 1.67. The predicted molar refractivity (Wildman–Crippen MR) is 90.5 cm³/mol. The van der Waals surface area contributed by atoms with Crippen molar-refractivity contribution in [3.8, 4) is 0 Å². The Morgan fingerprint density at radius 2 is 2.08 bits per heavy atom. The third-order valence-electron chi connectivity index (χ3n) is 4.00. The summed E-state index contributed by atoms with van der Waals surface area (Å²) in [6.45, 7) is 2.10. The highest BCUT2D eigenvalue weighted by Crippen LogP contribution is 2.32. The third kappa shape index (κ3) is 3.97. The molecule has 5 nitrogen and oxygen atoms in total. The Labute approximate surface area is 144 Å². The van der Waals surface area contributed by atoms with Gasteiger partial charge in [-0.15, -0.1) is 0 Å². The highest BCUT2D eigenvalue weighted by Gasteiger charge is 2.22. The molecule has 24 heavy (non-hydrogen) atoms. The fraction of sp³-hybridized carbons (Fsp3) is 0.333. The van der Waals surface area contributed by atoms with Crippen molar-refractivity contribution in [2.75, 3.05) is 11.9 Å². The summed E-state index contributed by atoms with van der Waals surface area (Å²) >= 11 is 6.08. The van der Waals surface area contributed by atoms with E-state index in [4.69, 9.17) is 20.8 Å². The topological polar surface area (TPSA) is 68.5 Å². The van der Waals surface area contributed by atoms with Gasteiger partial charge in [0.2, 0.25) is 0 Å². The zero-order chi connectivity index (χ0) is 17.1. The number of carbonyl (C=O) groups excluding carboxylic acids is 2. The molecule has 3 rings (SSSR count). The van der Waals surface area contributed by atoms with Crippen LogP contribution in [0.25, 0.3) is 0 Å². The van der Waals surface area contributed by atoms with Crippen molar-refractivity contribution in [3.05, 3.63) is 52.4 Å². The molecule has 0 spiro atoms. The van der Waals surface area contributed by atoms with E-state index < -0.39 is 5.97 Å². The zero-order valence-corrected chi connectivity index (χ0v) is 14.1. The Morgan fingerprint density at radius 1 is 1.29 bits per heavy atom. The van der Waals surface area contributed by atoms with Crippen LogP contribution in [0.4, 0.5) is 5.69 Å². The minimum atomic E-state index is -0.476. The number of benzene rings is 1. The molecular weight excluding hydrogens is 330 g/mol. The molecule has 1 fully saturated rings. The molecule has 6 heteroatoms. The van der Waals surface area contributed by atoms with Gasteiger partial charge in [-0.05, 0) is 43.5 Å². The number of anilines is 1. The van der Waals surface area contributed by atoms with E-state index in [1.165, 1.54) is 25.2 Å². The fourth-order valence-electron chi connectivity index (χ4n) is 2.38. The Hall–Kier alpha value is -2.27. The number of nitrogens with one attached hydrogen (secondary N) is 1. The first-order chi connectivity index (χ1) is 11.5. The van der Waals surface area contributed by atoms with Crippen molar-refractivity contribution < 1.29 is 18.7 Å². The maximum atomic E-state index is 12.2. The molecule has 1 aliphatic rings. The maximum absolute atomic E-state index is 12.2. The van der Waals surface area contributed by atoms with Gasteiger partial charge in [-0.1, -0.05) is 24.4 Å². The van der Waals surface area contributed by atoms with Gasteiger partial charge in [0.25, 0.3) is 5.91 Å². The summed E-state index contributed by atoms with van der Waals surface area (Å²) in [6, 6.07) is 6.32. The van der Waals surface area contributed by atoms with Gasteiger partial charge in [0.05, 0.1) is 29.0 Å². The van der Waals surface area contributed by atoms with Crippen molar-refractivity contribution in [1.82, 2.24) is 0 Å². The molecule has 0 bridgehead atoms. The van der Waals surface area contributed by atoms with Gasteiger partial charge in [0.1, 0.15) is 5.76 Å². The number of hydrogen-bond donors (Lipinski definition) is 1. The molecule has 0 saturated heterocycles. The summed E-state index contributed by atoms with van der Waals surface area (Å²) in [5, 5.41) is 3.02. The number of rotatable bonds is 6. The van der Waals surface area contributed by atoms with E-state index >= 15 is 0 Å². The first-order valence-electron chi connectivity index (χ1n) is 7.86. The van der Waals surface area contributed by atoms with Gasteiger partial charge < -0.3 is 14.5 Å². The number of aryl methyl sites for hydroxylation is 1. The standard InChI is InChI=1S/C18H18ClNO4/c1-11-14(7-9-23-11)17(21)20-13-4-5-16(19)15(10-13)18(22)24-8-6-12-2-3-12/h4-5,7,9-10,12H,2-3,6,8H2,1H3,(H,20,21). The minimum absolute atomic E-state index is 0.245. The number of esters is 1. The highest BCUT2D eigenvalue weighted by molar-refractivity contribution is 6.33. The molecule has 0 atom stereocenters. The van der Waals surface area contributed by atoms with E-state index in [1.54, 1.807) is 25.1 Å². The van der Waals surface area contributed by atoms with Crippen LogP contribution in [-0.2, 0) is 4.74 Å². The van der Waals surface area contributed by atoms with E-state index in [9.17, 15) is 9.59 Å². The summed E-state index contributed by atoms with van der Waals surface area (Å²) in [5.74, 6) is 0.436. The lowest BCUT2D eigenvalue weighted by atomic mass is 10.2. The average molecular weight is 348 g/mol. The Morgan fingerprint density at radius 3 is 2.75 bits per heavy atom. The van der Waals surface area contributed by atoms with E-state index in [0.717, 1.165) is 6.42 Å². The quantitative estimate of drug-likeness (QED) is 0.784.